The molecule has 0 fully saturated rings. The summed E-state index contributed by atoms with van der Waals surface area (Å²) in [5.41, 5.74) is 1.22. The van der Waals surface area contributed by atoms with Crippen molar-refractivity contribution in [3.8, 4) is 0 Å². The number of ether oxygens (including phenoxy) is 1. The smallest absolute Gasteiger partial charge is 0.0949 e. The van der Waals surface area contributed by atoms with Gasteiger partial charge in [-0.1, -0.05) is 6.07 Å². The fourth-order valence-corrected chi connectivity index (χ4v) is 2.86. The molecule has 0 aromatic carbocycles. The third-order valence-electron chi connectivity index (χ3n) is 3.36. The Hall–Kier alpha value is -1.17. The summed E-state index contributed by atoms with van der Waals surface area (Å²) in [7, 11) is 3.87. The number of thiophene rings is 1. The molecule has 0 N–H and O–H groups in total. The summed E-state index contributed by atoms with van der Waals surface area (Å²) in [5.74, 6) is 0. The van der Waals surface area contributed by atoms with Crippen LogP contribution in [0.5, 0.6) is 0 Å². The minimum Gasteiger partial charge on any atom is -0.383 e. The number of hydrogen-bond acceptors (Lipinski definition) is 4. The highest BCUT2D eigenvalue weighted by Gasteiger charge is 2.14. The second-order valence-corrected chi connectivity index (χ2v) is 5.66. The average Bonchev–Trinajstić information content (AvgIpc) is 3.07. The van der Waals surface area contributed by atoms with Gasteiger partial charge in [0.15, 0.2) is 0 Å². The van der Waals surface area contributed by atoms with Crippen LogP contribution in [0.1, 0.15) is 23.5 Å². The van der Waals surface area contributed by atoms with E-state index in [9.17, 15) is 0 Å². The lowest BCUT2D eigenvalue weighted by Crippen LogP contribution is -2.23. The molecule has 2 rings (SSSR count). The van der Waals surface area contributed by atoms with E-state index >= 15 is 0 Å². The van der Waals surface area contributed by atoms with Gasteiger partial charge in [0.2, 0.25) is 0 Å². The van der Waals surface area contributed by atoms with Crippen molar-refractivity contribution in [2.24, 2.45) is 0 Å². The quantitative estimate of drug-likeness (QED) is 0.780. The molecule has 1 atom stereocenters. The third-order valence-corrected chi connectivity index (χ3v) is 4.40. The van der Waals surface area contributed by atoms with Crippen LogP contribution in [-0.2, 0) is 17.8 Å². The van der Waals surface area contributed by atoms with Gasteiger partial charge in [-0.05, 0) is 25.4 Å². The molecule has 0 radical (unpaired) electrons. The molecule has 2 aromatic heterocycles. The van der Waals surface area contributed by atoms with Gasteiger partial charge in [0.05, 0.1) is 18.6 Å². The van der Waals surface area contributed by atoms with Crippen LogP contribution in [0.4, 0.5) is 0 Å². The van der Waals surface area contributed by atoms with Gasteiger partial charge < -0.3 is 9.30 Å². The molecule has 0 saturated carbocycles. The molecule has 0 amide bonds. The number of hydrogen-bond donors (Lipinski definition) is 0. The van der Waals surface area contributed by atoms with E-state index in [2.05, 4.69) is 45.9 Å². The Morgan fingerprint density at radius 3 is 3.05 bits per heavy atom. The molecule has 0 aliphatic rings. The molecule has 0 unspecified atom stereocenters. The third kappa shape index (κ3) is 3.65. The lowest BCUT2D eigenvalue weighted by atomic mass is 10.2. The first-order valence-electron chi connectivity index (χ1n) is 6.44. The Kier molecular flexibility index (Phi) is 5.13. The lowest BCUT2D eigenvalue weighted by molar-refractivity contribution is 0.183. The number of imidazole rings is 1. The fourth-order valence-electron chi connectivity index (χ4n) is 2.01. The molecule has 0 spiro atoms. The van der Waals surface area contributed by atoms with E-state index in [-0.39, 0.29) is 0 Å². The molecule has 5 heteroatoms. The zero-order valence-electron chi connectivity index (χ0n) is 11.7. The minimum atomic E-state index is 0.422. The summed E-state index contributed by atoms with van der Waals surface area (Å²) in [6.45, 7) is 4.70. The summed E-state index contributed by atoms with van der Waals surface area (Å²) < 4.78 is 7.27. The normalized spacial score (nSPS) is 13.1. The topological polar surface area (TPSA) is 30.3 Å². The van der Waals surface area contributed by atoms with Gasteiger partial charge in [-0.15, -0.1) is 11.3 Å². The SMILES string of the molecule is COCCn1cncc1CN(C)[C@@H](C)c1cccs1. The maximum Gasteiger partial charge on any atom is 0.0949 e. The number of rotatable bonds is 7. The van der Waals surface area contributed by atoms with Crippen molar-refractivity contribution in [3.05, 3.63) is 40.6 Å². The maximum absolute atomic E-state index is 5.12. The van der Waals surface area contributed by atoms with Crippen molar-refractivity contribution in [1.82, 2.24) is 14.5 Å². The largest absolute Gasteiger partial charge is 0.383 e. The molecule has 0 aliphatic heterocycles. The number of aromatic nitrogens is 2. The molecule has 2 aromatic rings. The number of nitrogens with zero attached hydrogens (tertiary/aromatic N) is 3. The van der Waals surface area contributed by atoms with E-state index in [4.69, 9.17) is 4.74 Å². The van der Waals surface area contributed by atoms with Crippen LogP contribution in [0.3, 0.4) is 0 Å². The van der Waals surface area contributed by atoms with E-state index in [0.717, 1.165) is 13.1 Å². The first-order chi connectivity index (χ1) is 9.22. The van der Waals surface area contributed by atoms with Gasteiger partial charge in [0.1, 0.15) is 0 Å². The van der Waals surface area contributed by atoms with Gasteiger partial charge in [0.25, 0.3) is 0 Å². The predicted molar refractivity (Wildman–Crippen MR) is 78.3 cm³/mol. The molecule has 104 valence electrons. The molecule has 0 saturated heterocycles. The first kappa shape index (κ1) is 14.2. The van der Waals surface area contributed by atoms with Crippen LogP contribution in [-0.4, -0.2) is 35.2 Å². The summed E-state index contributed by atoms with van der Waals surface area (Å²) >= 11 is 1.81. The van der Waals surface area contributed by atoms with E-state index in [1.807, 2.05) is 12.5 Å². The monoisotopic (exact) mass is 279 g/mol. The summed E-state index contributed by atoms with van der Waals surface area (Å²) in [6.07, 6.45) is 3.81. The Labute approximate surface area is 118 Å². The zero-order chi connectivity index (χ0) is 13.7. The zero-order valence-corrected chi connectivity index (χ0v) is 12.6. The molecular formula is C14H21N3OS. The van der Waals surface area contributed by atoms with Crippen LogP contribution in [0, 0.1) is 0 Å². The minimum absolute atomic E-state index is 0.422. The summed E-state index contributed by atoms with van der Waals surface area (Å²) in [4.78, 5) is 7.97. The van der Waals surface area contributed by atoms with E-state index in [1.54, 1.807) is 18.4 Å². The lowest BCUT2D eigenvalue weighted by Gasteiger charge is -2.24. The van der Waals surface area contributed by atoms with Gasteiger partial charge in [-0.2, -0.15) is 0 Å². The molecule has 19 heavy (non-hydrogen) atoms. The number of methoxy groups -OCH3 is 1. The van der Waals surface area contributed by atoms with Crippen molar-refractivity contribution < 1.29 is 4.74 Å². The second kappa shape index (κ2) is 6.84. The maximum atomic E-state index is 5.12. The van der Waals surface area contributed by atoms with Crippen molar-refractivity contribution in [2.75, 3.05) is 20.8 Å². The Morgan fingerprint density at radius 1 is 1.53 bits per heavy atom. The fraction of sp³-hybridized carbons (Fsp3) is 0.500. The Morgan fingerprint density at radius 2 is 2.37 bits per heavy atom. The highest BCUT2D eigenvalue weighted by atomic mass is 32.1. The van der Waals surface area contributed by atoms with E-state index < -0.39 is 0 Å². The second-order valence-electron chi connectivity index (χ2n) is 4.68. The summed E-state index contributed by atoms with van der Waals surface area (Å²) in [6, 6.07) is 4.71. The molecule has 2 heterocycles. The van der Waals surface area contributed by atoms with Crippen molar-refractivity contribution in [3.63, 3.8) is 0 Å². The standard InChI is InChI=1S/C14H21N3OS/c1-12(14-5-4-8-19-14)16(2)10-13-9-15-11-17(13)6-7-18-3/h4-5,8-9,11-12H,6-7,10H2,1-3H3/t12-/m0/s1. The highest BCUT2D eigenvalue weighted by molar-refractivity contribution is 7.10. The Bertz CT molecular complexity index is 481. The molecular weight excluding hydrogens is 258 g/mol. The van der Waals surface area contributed by atoms with Gasteiger partial charge in [-0.3, -0.25) is 4.90 Å². The first-order valence-corrected chi connectivity index (χ1v) is 7.32. The van der Waals surface area contributed by atoms with Gasteiger partial charge in [0, 0.05) is 37.3 Å². The van der Waals surface area contributed by atoms with Crippen LogP contribution < -0.4 is 0 Å². The Balaban J connectivity index is 1.98. The van der Waals surface area contributed by atoms with E-state index in [1.165, 1.54) is 10.6 Å². The van der Waals surface area contributed by atoms with Crippen LogP contribution in [0.25, 0.3) is 0 Å². The van der Waals surface area contributed by atoms with Crippen molar-refractivity contribution in [2.45, 2.75) is 26.1 Å². The average molecular weight is 279 g/mol. The molecule has 4 nitrogen and oxygen atoms in total. The van der Waals surface area contributed by atoms with Crippen LogP contribution >= 0.6 is 11.3 Å². The molecule has 0 bridgehead atoms. The van der Waals surface area contributed by atoms with Gasteiger partial charge >= 0.3 is 0 Å². The van der Waals surface area contributed by atoms with Crippen molar-refractivity contribution in [1.29, 1.82) is 0 Å². The molecule has 0 aliphatic carbocycles. The predicted octanol–water partition coefficient (Wildman–Crippen LogP) is 2.78. The van der Waals surface area contributed by atoms with E-state index in [0.29, 0.717) is 12.6 Å². The highest BCUT2D eigenvalue weighted by Crippen LogP contribution is 2.24. The van der Waals surface area contributed by atoms with Crippen LogP contribution in [0.15, 0.2) is 30.0 Å². The summed E-state index contributed by atoms with van der Waals surface area (Å²) in [5, 5.41) is 2.13. The van der Waals surface area contributed by atoms with Crippen molar-refractivity contribution >= 4 is 11.3 Å². The van der Waals surface area contributed by atoms with Gasteiger partial charge in [-0.25, -0.2) is 4.98 Å². The van der Waals surface area contributed by atoms with Crippen LogP contribution in [0.2, 0.25) is 0 Å².